The highest BCUT2D eigenvalue weighted by atomic mass is 32.2. The van der Waals surface area contributed by atoms with Crippen molar-refractivity contribution >= 4 is 29.0 Å². The third-order valence-electron chi connectivity index (χ3n) is 2.89. The molecular weight excluding hydrogens is 282 g/mol. The number of thiocyanates is 1. The van der Waals surface area contributed by atoms with Crippen molar-refractivity contribution in [2.45, 2.75) is 11.8 Å². The summed E-state index contributed by atoms with van der Waals surface area (Å²) in [6.07, 6.45) is 0. The Bertz CT molecular complexity index is 662. The summed E-state index contributed by atoms with van der Waals surface area (Å²) in [5.41, 5.74) is 2.70. The SMILES string of the molecule is Cc1ccccc1NC(=O)CNc1ccc(SC#N)cc1. The summed E-state index contributed by atoms with van der Waals surface area (Å²) < 4.78 is 0. The van der Waals surface area contributed by atoms with Crippen LogP contribution in [0, 0.1) is 17.6 Å². The number of carbonyl (C=O) groups is 1. The molecule has 5 heteroatoms. The molecule has 0 bridgehead atoms. The normalized spacial score (nSPS) is 9.71. The van der Waals surface area contributed by atoms with E-state index in [2.05, 4.69) is 10.6 Å². The number of nitrogens with one attached hydrogen (secondary N) is 2. The summed E-state index contributed by atoms with van der Waals surface area (Å²) >= 11 is 1.11. The molecule has 4 nitrogen and oxygen atoms in total. The van der Waals surface area contributed by atoms with Crippen molar-refractivity contribution in [2.75, 3.05) is 17.2 Å². The minimum Gasteiger partial charge on any atom is -0.376 e. The van der Waals surface area contributed by atoms with Gasteiger partial charge in [-0.15, -0.1) is 0 Å². The lowest BCUT2D eigenvalue weighted by Gasteiger charge is -2.09. The van der Waals surface area contributed by atoms with Crippen LogP contribution in [0.15, 0.2) is 53.4 Å². The lowest BCUT2D eigenvalue weighted by molar-refractivity contribution is -0.114. The van der Waals surface area contributed by atoms with Gasteiger partial charge in [0.25, 0.3) is 0 Å². The fourth-order valence-corrected chi connectivity index (χ4v) is 2.16. The minimum atomic E-state index is -0.0974. The predicted octanol–water partition coefficient (Wildman–Crippen LogP) is 3.62. The van der Waals surface area contributed by atoms with E-state index in [0.29, 0.717) is 0 Å². The standard InChI is InChI=1S/C16H15N3OS/c1-12-4-2-3-5-15(12)19-16(20)10-18-13-6-8-14(9-7-13)21-11-17/h2-9,18H,10H2,1H3,(H,19,20). The number of hydrogen-bond acceptors (Lipinski definition) is 4. The van der Waals surface area contributed by atoms with Gasteiger partial charge in [-0.05, 0) is 54.6 Å². The van der Waals surface area contributed by atoms with Crippen LogP contribution in [0.25, 0.3) is 0 Å². The van der Waals surface area contributed by atoms with Gasteiger partial charge < -0.3 is 10.6 Å². The van der Waals surface area contributed by atoms with E-state index in [-0.39, 0.29) is 12.5 Å². The Morgan fingerprint density at radius 1 is 1.19 bits per heavy atom. The molecule has 2 aromatic carbocycles. The fraction of sp³-hybridized carbons (Fsp3) is 0.125. The summed E-state index contributed by atoms with van der Waals surface area (Å²) in [5.74, 6) is -0.0974. The largest absolute Gasteiger partial charge is 0.376 e. The van der Waals surface area contributed by atoms with Gasteiger partial charge in [0, 0.05) is 16.3 Å². The van der Waals surface area contributed by atoms with Crippen molar-refractivity contribution < 1.29 is 4.79 Å². The third kappa shape index (κ3) is 4.55. The molecule has 0 radical (unpaired) electrons. The van der Waals surface area contributed by atoms with Crippen molar-refractivity contribution in [3.05, 3.63) is 54.1 Å². The molecule has 0 saturated carbocycles. The molecule has 2 N–H and O–H groups in total. The van der Waals surface area contributed by atoms with Gasteiger partial charge in [0.15, 0.2) is 0 Å². The second kappa shape index (κ2) is 7.36. The molecule has 0 aliphatic rings. The summed E-state index contributed by atoms with van der Waals surface area (Å²) in [6, 6.07) is 15.0. The number of carbonyl (C=O) groups excluding carboxylic acids is 1. The van der Waals surface area contributed by atoms with Crippen molar-refractivity contribution in [3.8, 4) is 5.40 Å². The average Bonchev–Trinajstić information content (AvgIpc) is 2.49. The first-order valence-corrected chi connectivity index (χ1v) is 7.26. The van der Waals surface area contributed by atoms with Crippen LogP contribution in [-0.2, 0) is 4.79 Å². The number of hydrogen-bond donors (Lipinski definition) is 2. The highest BCUT2D eigenvalue weighted by Crippen LogP contribution is 2.19. The molecule has 0 spiro atoms. The maximum Gasteiger partial charge on any atom is 0.243 e. The summed E-state index contributed by atoms with van der Waals surface area (Å²) in [7, 11) is 0. The third-order valence-corrected chi connectivity index (χ3v) is 3.49. The maximum atomic E-state index is 11.9. The van der Waals surface area contributed by atoms with Gasteiger partial charge in [-0.25, -0.2) is 0 Å². The number of rotatable bonds is 5. The summed E-state index contributed by atoms with van der Waals surface area (Å²) in [6.45, 7) is 2.15. The van der Waals surface area contributed by atoms with Crippen molar-refractivity contribution in [1.29, 1.82) is 5.26 Å². The van der Waals surface area contributed by atoms with Crippen molar-refractivity contribution in [2.24, 2.45) is 0 Å². The van der Waals surface area contributed by atoms with Crippen LogP contribution in [0.3, 0.4) is 0 Å². The number of para-hydroxylation sites is 1. The zero-order chi connectivity index (χ0) is 15.1. The summed E-state index contributed by atoms with van der Waals surface area (Å²) in [4.78, 5) is 12.8. The minimum absolute atomic E-state index is 0.0974. The van der Waals surface area contributed by atoms with E-state index in [9.17, 15) is 4.79 Å². The van der Waals surface area contributed by atoms with Gasteiger partial charge in [-0.2, -0.15) is 5.26 Å². The van der Waals surface area contributed by atoms with E-state index >= 15 is 0 Å². The molecular formula is C16H15N3OS. The molecule has 2 aromatic rings. The topological polar surface area (TPSA) is 64.9 Å². The molecule has 0 aliphatic heterocycles. The quantitative estimate of drug-likeness (QED) is 0.653. The van der Waals surface area contributed by atoms with E-state index < -0.39 is 0 Å². The van der Waals surface area contributed by atoms with Crippen LogP contribution < -0.4 is 10.6 Å². The Morgan fingerprint density at radius 2 is 1.90 bits per heavy atom. The van der Waals surface area contributed by atoms with Crippen LogP contribution >= 0.6 is 11.8 Å². The highest BCUT2D eigenvalue weighted by molar-refractivity contribution is 8.03. The number of anilines is 2. The molecule has 0 unspecified atom stereocenters. The second-order valence-corrected chi connectivity index (χ2v) is 5.29. The fourth-order valence-electron chi connectivity index (χ4n) is 1.78. The lowest BCUT2D eigenvalue weighted by atomic mass is 10.2. The molecule has 0 atom stereocenters. The molecule has 21 heavy (non-hydrogen) atoms. The number of thioether (sulfide) groups is 1. The maximum absolute atomic E-state index is 11.9. The van der Waals surface area contributed by atoms with Crippen LogP contribution in [0.2, 0.25) is 0 Å². The van der Waals surface area contributed by atoms with Crippen molar-refractivity contribution in [1.82, 2.24) is 0 Å². The van der Waals surface area contributed by atoms with Crippen LogP contribution in [0.4, 0.5) is 11.4 Å². The van der Waals surface area contributed by atoms with Gasteiger partial charge in [-0.3, -0.25) is 4.79 Å². The second-order valence-electron chi connectivity index (χ2n) is 4.43. The number of benzene rings is 2. The molecule has 2 rings (SSSR count). The van der Waals surface area contributed by atoms with Gasteiger partial charge in [0.05, 0.1) is 6.54 Å². The average molecular weight is 297 g/mol. The van der Waals surface area contributed by atoms with E-state index in [1.54, 1.807) is 0 Å². The van der Waals surface area contributed by atoms with E-state index in [1.807, 2.05) is 60.9 Å². The van der Waals surface area contributed by atoms with Crippen LogP contribution in [-0.4, -0.2) is 12.5 Å². The number of nitriles is 1. The zero-order valence-corrected chi connectivity index (χ0v) is 12.4. The Kier molecular flexibility index (Phi) is 5.24. The van der Waals surface area contributed by atoms with Gasteiger partial charge >= 0.3 is 0 Å². The molecule has 0 saturated heterocycles. The molecule has 0 heterocycles. The Morgan fingerprint density at radius 3 is 2.57 bits per heavy atom. The molecule has 0 aromatic heterocycles. The van der Waals surface area contributed by atoms with Crippen molar-refractivity contribution in [3.63, 3.8) is 0 Å². The number of amides is 1. The lowest BCUT2D eigenvalue weighted by Crippen LogP contribution is -2.22. The monoisotopic (exact) mass is 297 g/mol. The smallest absolute Gasteiger partial charge is 0.243 e. The Hall–Kier alpha value is -2.45. The number of nitrogens with zero attached hydrogens (tertiary/aromatic N) is 1. The molecule has 106 valence electrons. The van der Waals surface area contributed by atoms with Gasteiger partial charge in [0.1, 0.15) is 5.40 Å². The molecule has 0 fully saturated rings. The van der Waals surface area contributed by atoms with E-state index in [1.165, 1.54) is 0 Å². The predicted molar refractivity (Wildman–Crippen MR) is 86.2 cm³/mol. The van der Waals surface area contributed by atoms with Crippen LogP contribution in [0.1, 0.15) is 5.56 Å². The first-order valence-electron chi connectivity index (χ1n) is 6.44. The van der Waals surface area contributed by atoms with E-state index in [4.69, 9.17) is 5.26 Å². The molecule has 1 amide bonds. The van der Waals surface area contributed by atoms with Gasteiger partial charge in [-0.1, -0.05) is 18.2 Å². The summed E-state index contributed by atoms with van der Waals surface area (Å²) in [5, 5.41) is 16.5. The van der Waals surface area contributed by atoms with Crippen LogP contribution in [0.5, 0.6) is 0 Å². The first-order chi connectivity index (χ1) is 10.2. The number of aryl methyl sites for hydroxylation is 1. The highest BCUT2D eigenvalue weighted by Gasteiger charge is 2.04. The Balaban J connectivity index is 1.87. The Labute approximate surface area is 128 Å². The zero-order valence-electron chi connectivity index (χ0n) is 11.6. The first kappa shape index (κ1) is 14.9. The van der Waals surface area contributed by atoms with Gasteiger partial charge in [0.2, 0.25) is 5.91 Å². The molecule has 0 aliphatic carbocycles. The van der Waals surface area contributed by atoms with E-state index in [0.717, 1.165) is 33.6 Å².